The lowest BCUT2D eigenvalue weighted by Gasteiger charge is -2.49. The van der Waals surface area contributed by atoms with Crippen LogP contribution in [0.25, 0.3) is 0 Å². The van der Waals surface area contributed by atoms with Crippen LogP contribution in [0, 0.1) is 0 Å². The largest absolute Gasteiger partial charge is 0.317 e. The highest BCUT2D eigenvalue weighted by atomic mass is 15.3. The van der Waals surface area contributed by atoms with E-state index in [4.69, 9.17) is 0 Å². The molecule has 1 aliphatic carbocycles. The highest BCUT2D eigenvalue weighted by molar-refractivity contribution is 4.96. The summed E-state index contributed by atoms with van der Waals surface area (Å²) in [6.45, 7) is 5.12. The van der Waals surface area contributed by atoms with Crippen molar-refractivity contribution in [2.24, 2.45) is 0 Å². The van der Waals surface area contributed by atoms with Gasteiger partial charge in [-0.1, -0.05) is 0 Å². The molecule has 3 fully saturated rings. The van der Waals surface area contributed by atoms with E-state index in [1.807, 2.05) is 0 Å². The molecule has 86 valence electrons. The maximum absolute atomic E-state index is 3.44. The molecule has 2 aliphatic heterocycles. The Morgan fingerprint density at radius 2 is 1.67 bits per heavy atom. The van der Waals surface area contributed by atoms with Crippen molar-refractivity contribution in [3.8, 4) is 0 Å². The molecule has 0 amide bonds. The van der Waals surface area contributed by atoms with E-state index >= 15 is 0 Å². The van der Waals surface area contributed by atoms with Gasteiger partial charge in [0.25, 0.3) is 0 Å². The fourth-order valence-electron chi connectivity index (χ4n) is 3.00. The van der Waals surface area contributed by atoms with Crippen molar-refractivity contribution in [1.82, 2.24) is 15.1 Å². The van der Waals surface area contributed by atoms with Gasteiger partial charge in [0, 0.05) is 31.2 Å². The van der Waals surface area contributed by atoms with Gasteiger partial charge < -0.3 is 5.32 Å². The van der Waals surface area contributed by atoms with Crippen molar-refractivity contribution in [2.45, 2.75) is 43.8 Å². The Morgan fingerprint density at radius 3 is 2.27 bits per heavy atom. The third kappa shape index (κ3) is 2.05. The average Bonchev–Trinajstić information content (AvgIpc) is 3.00. The zero-order chi connectivity index (χ0) is 10.3. The van der Waals surface area contributed by atoms with Crippen molar-refractivity contribution in [3.05, 3.63) is 0 Å². The van der Waals surface area contributed by atoms with Gasteiger partial charge in [-0.2, -0.15) is 0 Å². The molecule has 3 nitrogen and oxygen atoms in total. The highest BCUT2D eigenvalue weighted by Gasteiger charge is 2.39. The first-order chi connectivity index (χ1) is 7.34. The molecule has 0 aromatic heterocycles. The van der Waals surface area contributed by atoms with Crippen molar-refractivity contribution < 1.29 is 0 Å². The Balaban J connectivity index is 1.44. The molecule has 2 saturated heterocycles. The van der Waals surface area contributed by atoms with Crippen LogP contribution in [0.5, 0.6) is 0 Å². The van der Waals surface area contributed by atoms with Crippen molar-refractivity contribution in [2.75, 3.05) is 33.2 Å². The molecule has 0 atom stereocenters. The molecular weight excluding hydrogens is 186 g/mol. The molecule has 0 unspecified atom stereocenters. The Bertz CT molecular complexity index is 215. The quantitative estimate of drug-likeness (QED) is 0.731. The molecule has 0 bridgehead atoms. The molecule has 0 radical (unpaired) electrons. The van der Waals surface area contributed by atoms with Gasteiger partial charge in [0.15, 0.2) is 0 Å². The van der Waals surface area contributed by atoms with Crippen LogP contribution in [-0.4, -0.2) is 61.2 Å². The summed E-state index contributed by atoms with van der Waals surface area (Å²) in [5.74, 6) is 0. The Labute approximate surface area is 92.8 Å². The van der Waals surface area contributed by atoms with Crippen LogP contribution in [0.1, 0.15) is 25.7 Å². The first-order valence-electron chi connectivity index (χ1n) is 6.51. The smallest absolute Gasteiger partial charge is 0.0350 e. The van der Waals surface area contributed by atoms with Gasteiger partial charge in [-0.05, 0) is 45.8 Å². The molecule has 2 heterocycles. The van der Waals surface area contributed by atoms with E-state index in [0.717, 1.165) is 18.1 Å². The first-order valence-corrected chi connectivity index (χ1v) is 6.51. The summed E-state index contributed by atoms with van der Waals surface area (Å²) in [7, 11) is 2.32. The van der Waals surface area contributed by atoms with Crippen LogP contribution < -0.4 is 5.32 Å². The van der Waals surface area contributed by atoms with Gasteiger partial charge in [0.05, 0.1) is 0 Å². The second-order valence-corrected chi connectivity index (χ2v) is 5.49. The second-order valence-electron chi connectivity index (χ2n) is 5.49. The van der Waals surface area contributed by atoms with Crippen molar-refractivity contribution in [1.29, 1.82) is 0 Å². The Hall–Kier alpha value is -0.120. The van der Waals surface area contributed by atoms with E-state index in [0.29, 0.717) is 0 Å². The predicted molar refractivity (Wildman–Crippen MR) is 62.0 cm³/mol. The number of nitrogens with one attached hydrogen (secondary N) is 1. The number of nitrogens with zero attached hydrogens (tertiary/aromatic N) is 2. The lowest BCUT2D eigenvalue weighted by molar-refractivity contribution is 0.00374. The summed E-state index contributed by atoms with van der Waals surface area (Å²) in [6, 6.07) is 2.69. The van der Waals surface area contributed by atoms with Crippen LogP contribution in [0.4, 0.5) is 0 Å². The lowest BCUT2D eigenvalue weighted by Crippen LogP contribution is -2.62. The predicted octanol–water partition coefficient (Wildman–Crippen LogP) is 0.517. The number of rotatable bonds is 3. The zero-order valence-electron chi connectivity index (χ0n) is 9.78. The molecular formula is C12H23N3. The van der Waals surface area contributed by atoms with E-state index in [2.05, 4.69) is 22.2 Å². The van der Waals surface area contributed by atoms with Crippen LogP contribution in [0.2, 0.25) is 0 Å². The lowest BCUT2D eigenvalue weighted by atomic mass is 9.98. The Kier molecular flexibility index (Phi) is 2.71. The van der Waals surface area contributed by atoms with E-state index in [1.54, 1.807) is 0 Å². The first kappa shape index (κ1) is 10.1. The van der Waals surface area contributed by atoms with Gasteiger partial charge >= 0.3 is 0 Å². The normalized spacial score (nSPS) is 30.8. The summed E-state index contributed by atoms with van der Waals surface area (Å²) >= 11 is 0. The minimum Gasteiger partial charge on any atom is -0.317 e. The van der Waals surface area contributed by atoms with Crippen molar-refractivity contribution in [3.63, 3.8) is 0 Å². The molecule has 1 N–H and O–H groups in total. The van der Waals surface area contributed by atoms with Gasteiger partial charge in [0.1, 0.15) is 0 Å². The molecule has 3 aliphatic rings. The second kappa shape index (κ2) is 4.04. The number of piperidine rings is 1. The summed E-state index contributed by atoms with van der Waals surface area (Å²) in [6.07, 6.45) is 5.61. The Morgan fingerprint density at radius 1 is 1.00 bits per heavy atom. The topological polar surface area (TPSA) is 18.5 Å². The third-order valence-corrected chi connectivity index (χ3v) is 4.41. The fourth-order valence-corrected chi connectivity index (χ4v) is 3.00. The van der Waals surface area contributed by atoms with Gasteiger partial charge in [-0.25, -0.2) is 0 Å². The molecule has 3 heteroatoms. The minimum absolute atomic E-state index is 0.868. The van der Waals surface area contributed by atoms with Gasteiger partial charge in [0.2, 0.25) is 0 Å². The maximum Gasteiger partial charge on any atom is 0.0350 e. The molecule has 3 rings (SSSR count). The monoisotopic (exact) mass is 209 g/mol. The standard InChI is InChI=1S/C12H23N3/c1-14(10-2-3-10)12-8-15(9-12)11-4-6-13-7-5-11/h10-13H,2-9H2,1H3. The van der Waals surface area contributed by atoms with Crippen LogP contribution in [0.3, 0.4) is 0 Å². The van der Waals surface area contributed by atoms with Gasteiger partial charge in [-0.3, -0.25) is 9.80 Å². The SMILES string of the molecule is CN(C1CC1)C1CN(C2CCNCC2)C1. The summed E-state index contributed by atoms with van der Waals surface area (Å²) < 4.78 is 0. The molecule has 0 aromatic rings. The van der Waals surface area contributed by atoms with Crippen LogP contribution in [0.15, 0.2) is 0 Å². The zero-order valence-corrected chi connectivity index (χ0v) is 9.78. The summed E-state index contributed by atoms with van der Waals surface area (Å²) in [5, 5.41) is 3.44. The van der Waals surface area contributed by atoms with Crippen LogP contribution >= 0.6 is 0 Å². The molecule has 0 spiro atoms. The highest BCUT2D eigenvalue weighted by Crippen LogP contribution is 2.31. The van der Waals surface area contributed by atoms with E-state index in [1.165, 1.54) is 51.9 Å². The average molecular weight is 209 g/mol. The third-order valence-electron chi connectivity index (χ3n) is 4.41. The maximum atomic E-state index is 3.44. The molecule has 0 aromatic carbocycles. The van der Waals surface area contributed by atoms with E-state index < -0.39 is 0 Å². The fraction of sp³-hybridized carbons (Fsp3) is 1.00. The van der Waals surface area contributed by atoms with Crippen LogP contribution in [-0.2, 0) is 0 Å². The number of hydrogen-bond acceptors (Lipinski definition) is 3. The number of likely N-dealkylation sites (tertiary alicyclic amines) is 1. The minimum atomic E-state index is 0.868. The van der Waals surface area contributed by atoms with E-state index in [-0.39, 0.29) is 0 Å². The van der Waals surface area contributed by atoms with Crippen molar-refractivity contribution >= 4 is 0 Å². The van der Waals surface area contributed by atoms with E-state index in [9.17, 15) is 0 Å². The van der Waals surface area contributed by atoms with Gasteiger partial charge in [-0.15, -0.1) is 0 Å². The molecule has 1 saturated carbocycles. The summed E-state index contributed by atoms with van der Waals surface area (Å²) in [4.78, 5) is 5.32. The number of hydrogen-bond donors (Lipinski definition) is 1. The number of likely N-dealkylation sites (N-methyl/N-ethyl adjacent to an activating group) is 1. The summed E-state index contributed by atoms with van der Waals surface area (Å²) in [5.41, 5.74) is 0. The molecule has 15 heavy (non-hydrogen) atoms.